The fraction of sp³-hybridized carbons (Fsp3) is 0.625. The Balaban J connectivity index is 1.85. The highest BCUT2D eigenvalue weighted by Gasteiger charge is 2.22. The van der Waals surface area contributed by atoms with Crippen LogP contribution in [0.1, 0.15) is 31.4 Å². The average Bonchev–Trinajstić information content (AvgIpc) is 3.34. The van der Waals surface area contributed by atoms with E-state index >= 15 is 0 Å². The summed E-state index contributed by atoms with van der Waals surface area (Å²) in [4.78, 5) is 0. The molecule has 0 aromatic heterocycles. The van der Waals surface area contributed by atoms with Crippen molar-refractivity contribution in [2.24, 2.45) is 5.92 Å². The molecule has 0 unspecified atom stereocenters. The number of hydrogen-bond donors (Lipinski definition) is 2. The molecule has 7 heteroatoms. The summed E-state index contributed by atoms with van der Waals surface area (Å²) in [7, 11) is -3.44. The SMILES string of the molecule is C[C@@H](NS(=O)(=O)CCOCCO)c1cccc(OCC2CC2)c1. The number of benzene rings is 1. The Morgan fingerprint density at radius 3 is 2.83 bits per heavy atom. The molecular formula is C16H25NO5S. The Kier molecular flexibility index (Phi) is 6.83. The van der Waals surface area contributed by atoms with Gasteiger partial charge in [-0.2, -0.15) is 0 Å². The summed E-state index contributed by atoms with van der Waals surface area (Å²) in [6, 6.07) is 7.15. The molecule has 0 radical (unpaired) electrons. The topological polar surface area (TPSA) is 84.9 Å². The first-order valence-electron chi connectivity index (χ1n) is 7.91. The maximum absolute atomic E-state index is 12.0. The molecule has 1 atom stereocenters. The minimum Gasteiger partial charge on any atom is -0.493 e. The Hall–Kier alpha value is -1.15. The largest absolute Gasteiger partial charge is 0.493 e. The summed E-state index contributed by atoms with van der Waals surface area (Å²) < 4.78 is 37.3. The highest BCUT2D eigenvalue weighted by atomic mass is 32.2. The van der Waals surface area contributed by atoms with Crippen LogP contribution in [0, 0.1) is 5.92 Å². The van der Waals surface area contributed by atoms with Crippen molar-refractivity contribution in [3.63, 3.8) is 0 Å². The molecule has 0 amide bonds. The molecule has 1 aromatic rings. The fourth-order valence-corrected chi connectivity index (χ4v) is 3.23. The summed E-state index contributed by atoms with van der Waals surface area (Å²) in [6.07, 6.45) is 2.46. The van der Waals surface area contributed by atoms with Crippen LogP contribution in [0.25, 0.3) is 0 Å². The Bertz CT molecular complexity index is 586. The average molecular weight is 343 g/mol. The summed E-state index contributed by atoms with van der Waals surface area (Å²) in [5, 5.41) is 8.60. The van der Waals surface area contributed by atoms with Gasteiger partial charge < -0.3 is 14.6 Å². The third kappa shape index (κ3) is 6.87. The second-order valence-electron chi connectivity index (χ2n) is 5.82. The van der Waals surface area contributed by atoms with Crippen molar-refractivity contribution in [1.82, 2.24) is 4.72 Å². The highest BCUT2D eigenvalue weighted by molar-refractivity contribution is 7.89. The Labute approximate surface area is 137 Å². The van der Waals surface area contributed by atoms with Gasteiger partial charge in [0, 0.05) is 6.04 Å². The highest BCUT2D eigenvalue weighted by Crippen LogP contribution is 2.30. The van der Waals surface area contributed by atoms with Crippen molar-refractivity contribution < 1.29 is 23.0 Å². The zero-order valence-corrected chi connectivity index (χ0v) is 14.2. The zero-order valence-electron chi connectivity index (χ0n) is 13.4. The standard InChI is InChI=1S/C16H25NO5S/c1-13(17-23(19,20)10-9-21-8-7-18)15-3-2-4-16(11-15)22-12-14-5-6-14/h2-4,11,13-14,17-18H,5-10,12H2,1H3/t13-/m1/s1. The van der Waals surface area contributed by atoms with Crippen molar-refractivity contribution in [2.75, 3.05) is 32.2 Å². The maximum atomic E-state index is 12.0. The minimum absolute atomic E-state index is 0.0627. The molecule has 1 aromatic carbocycles. The van der Waals surface area contributed by atoms with Gasteiger partial charge >= 0.3 is 0 Å². The van der Waals surface area contributed by atoms with Crippen molar-refractivity contribution in [3.8, 4) is 5.75 Å². The van der Waals surface area contributed by atoms with E-state index < -0.39 is 10.0 Å². The van der Waals surface area contributed by atoms with Crippen molar-refractivity contribution in [1.29, 1.82) is 0 Å². The van der Waals surface area contributed by atoms with Gasteiger partial charge in [-0.3, -0.25) is 0 Å². The molecule has 2 N–H and O–H groups in total. The molecule has 0 heterocycles. The lowest BCUT2D eigenvalue weighted by molar-refractivity contribution is 0.102. The van der Waals surface area contributed by atoms with Crippen LogP contribution in [0.2, 0.25) is 0 Å². The number of nitrogens with one attached hydrogen (secondary N) is 1. The van der Waals surface area contributed by atoms with E-state index in [9.17, 15) is 8.42 Å². The summed E-state index contributed by atoms with van der Waals surface area (Å²) in [5.74, 6) is 1.31. The quantitative estimate of drug-likeness (QED) is 0.594. The molecule has 1 aliphatic carbocycles. The van der Waals surface area contributed by atoms with Crippen molar-refractivity contribution >= 4 is 10.0 Å². The zero-order chi connectivity index (χ0) is 16.7. The first-order chi connectivity index (χ1) is 11.0. The Morgan fingerprint density at radius 2 is 2.13 bits per heavy atom. The van der Waals surface area contributed by atoms with Crippen LogP contribution in [-0.2, 0) is 14.8 Å². The van der Waals surface area contributed by atoms with Crippen LogP contribution in [0.3, 0.4) is 0 Å². The number of ether oxygens (including phenoxy) is 2. The molecule has 0 saturated heterocycles. The lowest BCUT2D eigenvalue weighted by Crippen LogP contribution is -2.31. The third-order valence-corrected chi connectivity index (χ3v) is 5.05. The van der Waals surface area contributed by atoms with Crippen molar-refractivity contribution in [2.45, 2.75) is 25.8 Å². The number of aliphatic hydroxyl groups is 1. The van der Waals surface area contributed by atoms with Crippen molar-refractivity contribution in [3.05, 3.63) is 29.8 Å². The van der Waals surface area contributed by atoms with E-state index in [1.165, 1.54) is 12.8 Å². The Morgan fingerprint density at radius 1 is 1.35 bits per heavy atom. The third-order valence-electron chi connectivity index (χ3n) is 3.63. The smallest absolute Gasteiger partial charge is 0.214 e. The molecule has 2 rings (SSSR count). The van der Waals surface area contributed by atoms with E-state index in [0.717, 1.165) is 17.9 Å². The molecule has 0 bridgehead atoms. The molecule has 1 aliphatic rings. The van der Waals surface area contributed by atoms with Gasteiger partial charge in [0.25, 0.3) is 0 Å². The molecule has 6 nitrogen and oxygen atoms in total. The first kappa shape index (κ1) is 18.2. The molecular weight excluding hydrogens is 318 g/mol. The molecule has 1 fully saturated rings. The van der Waals surface area contributed by atoms with Gasteiger partial charge in [-0.1, -0.05) is 12.1 Å². The van der Waals surface area contributed by atoms with Gasteiger partial charge in [-0.15, -0.1) is 0 Å². The van der Waals surface area contributed by atoms with Gasteiger partial charge in [0.05, 0.1) is 32.2 Å². The second-order valence-corrected chi connectivity index (χ2v) is 7.69. The van der Waals surface area contributed by atoms with E-state index in [4.69, 9.17) is 14.6 Å². The van der Waals surface area contributed by atoms with E-state index in [2.05, 4.69) is 4.72 Å². The molecule has 23 heavy (non-hydrogen) atoms. The van der Waals surface area contributed by atoms with E-state index in [-0.39, 0.29) is 31.6 Å². The van der Waals surface area contributed by atoms with Gasteiger partial charge in [0.2, 0.25) is 10.0 Å². The predicted molar refractivity (Wildman–Crippen MR) is 87.9 cm³/mol. The number of aliphatic hydroxyl groups excluding tert-OH is 1. The van der Waals surface area contributed by atoms with Crippen LogP contribution >= 0.6 is 0 Å². The predicted octanol–water partition coefficient (Wildman–Crippen LogP) is 1.46. The van der Waals surface area contributed by atoms with Gasteiger partial charge in [0.1, 0.15) is 5.75 Å². The van der Waals surface area contributed by atoms with Gasteiger partial charge in [-0.05, 0) is 43.4 Å². The summed E-state index contributed by atoms with van der Waals surface area (Å²) in [5.41, 5.74) is 0.859. The molecule has 0 aliphatic heterocycles. The second kappa shape index (κ2) is 8.63. The van der Waals surface area contributed by atoms with E-state index in [1.807, 2.05) is 24.3 Å². The normalized spacial score (nSPS) is 16.3. The fourth-order valence-electron chi connectivity index (χ4n) is 2.10. The molecule has 130 valence electrons. The summed E-state index contributed by atoms with van der Waals surface area (Å²) >= 11 is 0. The maximum Gasteiger partial charge on any atom is 0.214 e. The lowest BCUT2D eigenvalue weighted by atomic mass is 10.1. The van der Waals surface area contributed by atoms with Crippen LogP contribution in [0.4, 0.5) is 0 Å². The first-order valence-corrected chi connectivity index (χ1v) is 9.57. The van der Waals surface area contributed by atoms with E-state index in [0.29, 0.717) is 5.92 Å². The van der Waals surface area contributed by atoms with Crippen LogP contribution in [-0.4, -0.2) is 45.7 Å². The van der Waals surface area contributed by atoms with Crippen LogP contribution in [0.15, 0.2) is 24.3 Å². The summed E-state index contributed by atoms with van der Waals surface area (Å²) in [6.45, 7) is 2.62. The van der Waals surface area contributed by atoms with Gasteiger partial charge in [-0.25, -0.2) is 13.1 Å². The number of sulfonamides is 1. The number of rotatable bonds is 11. The number of hydrogen-bond acceptors (Lipinski definition) is 5. The molecule has 0 spiro atoms. The van der Waals surface area contributed by atoms with Crippen LogP contribution < -0.4 is 9.46 Å². The lowest BCUT2D eigenvalue weighted by Gasteiger charge is -2.16. The molecule has 1 saturated carbocycles. The van der Waals surface area contributed by atoms with E-state index in [1.54, 1.807) is 6.92 Å². The van der Waals surface area contributed by atoms with Gasteiger partial charge in [0.15, 0.2) is 0 Å². The van der Waals surface area contributed by atoms with Crippen LogP contribution in [0.5, 0.6) is 5.75 Å². The minimum atomic E-state index is -3.44. The monoisotopic (exact) mass is 343 g/mol.